The Morgan fingerprint density at radius 1 is 1.00 bits per heavy atom. The number of amides is 1. The Morgan fingerprint density at radius 3 is 1.97 bits per heavy atom. The molecule has 0 aromatic heterocycles. The van der Waals surface area contributed by atoms with Gasteiger partial charge in [-0.15, -0.1) is 0 Å². The molecule has 10 heteroatoms. The van der Waals surface area contributed by atoms with E-state index in [4.69, 9.17) is 23.2 Å². The van der Waals surface area contributed by atoms with Gasteiger partial charge in [0.15, 0.2) is 0 Å². The second-order valence-corrected chi connectivity index (χ2v) is 9.87. The number of hydrogen-bond donors (Lipinski definition) is 0. The molecular formula is C21H16Cl2N3O4P. The summed E-state index contributed by atoms with van der Waals surface area (Å²) in [6, 6.07) is 18.3. The van der Waals surface area contributed by atoms with Gasteiger partial charge in [-0.2, -0.15) is 9.88 Å². The zero-order valence-electron chi connectivity index (χ0n) is 16.2. The molecule has 3 aromatic rings. The van der Waals surface area contributed by atoms with Crippen LogP contribution < -0.4 is 10.6 Å². The molecule has 0 bridgehead atoms. The lowest BCUT2D eigenvalue weighted by Gasteiger charge is -2.27. The molecule has 0 radical (unpaired) electrons. The van der Waals surface area contributed by atoms with Gasteiger partial charge in [-0.05, 0) is 48.5 Å². The minimum atomic E-state index is -3.76. The Hall–Kier alpha value is -2.99. The zero-order valence-corrected chi connectivity index (χ0v) is 18.6. The molecule has 0 saturated carbocycles. The number of carbonyl (C=O) groups excluding carboxylic acids is 1. The van der Waals surface area contributed by atoms with Gasteiger partial charge in [0.05, 0.1) is 11.1 Å². The van der Waals surface area contributed by atoms with Crippen LogP contribution in [0.1, 0.15) is 12.5 Å². The van der Waals surface area contributed by atoms with Crippen LogP contribution in [0, 0.1) is 10.1 Å². The first kappa shape index (κ1) is 22.7. The summed E-state index contributed by atoms with van der Waals surface area (Å²) in [4.78, 5) is 23.0. The second-order valence-electron chi connectivity index (χ2n) is 6.43. The summed E-state index contributed by atoms with van der Waals surface area (Å²) in [5.41, 5.74) is 0.246. The molecule has 0 aliphatic carbocycles. The largest absolute Gasteiger partial charge is 0.288 e. The zero-order chi connectivity index (χ0) is 22.6. The highest BCUT2D eigenvalue weighted by molar-refractivity contribution is 7.77. The van der Waals surface area contributed by atoms with Crippen LogP contribution in [-0.4, -0.2) is 21.8 Å². The lowest BCUT2D eigenvalue weighted by atomic mass is 10.2. The van der Waals surface area contributed by atoms with Crippen LogP contribution in [0.3, 0.4) is 0 Å². The highest BCUT2D eigenvalue weighted by Gasteiger charge is 2.37. The van der Waals surface area contributed by atoms with Crippen molar-refractivity contribution in [2.45, 2.75) is 6.92 Å². The van der Waals surface area contributed by atoms with Crippen molar-refractivity contribution in [1.29, 1.82) is 0 Å². The predicted molar refractivity (Wildman–Crippen MR) is 123 cm³/mol. The van der Waals surface area contributed by atoms with Crippen LogP contribution in [0.4, 0.5) is 5.69 Å². The quantitative estimate of drug-likeness (QED) is 0.216. The molecule has 31 heavy (non-hydrogen) atoms. The summed E-state index contributed by atoms with van der Waals surface area (Å²) >= 11 is 12.0. The first-order chi connectivity index (χ1) is 14.7. The monoisotopic (exact) mass is 475 g/mol. The van der Waals surface area contributed by atoms with Crippen LogP contribution in [0.15, 0.2) is 77.9 Å². The van der Waals surface area contributed by atoms with Gasteiger partial charge in [-0.3, -0.25) is 19.5 Å². The topological polar surface area (TPSA) is 92.9 Å². The first-order valence-corrected chi connectivity index (χ1v) is 11.4. The molecule has 3 rings (SSSR count). The summed E-state index contributed by atoms with van der Waals surface area (Å²) in [6.07, 6.45) is 1.26. The third-order valence-corrected chi connectivity index (χ3v) is 7.72. The fourth-order valence-electron chi connectivity index (χ4n) is 2.85. The lowest BCUT2D eigenvalue weighted by molar-refractivity contribution is -0.384. The van der Waals surface area contributed by atoms with Crippen molar-refractivity contribution in [3.63, 3.8) is 0 Å². The van der Waals surface area contributed by atoms with Gasteiger partial charge in [-0.25, -0.2) is 0 Å². The summed E-state index contributed by atoms with van der Waals surface area (Å²) in [6.45, 7) is 1.24. The fraction of sp³-hybridized carbons (Fsp3) is 0.0476. The predicted octanol–water partition coefficient (Wildman–Crippen LogP) is 5.01. The molecule has 0 aliphatic heterocycles. The van der Waals surface area contributed by atoms with Crippen LogP contribution >= 0.6 is 30.5 Å². The Morgan fingerprint density at radius 2 is 1.52 bits per heavy atom. The van der Waals surface area contributed by atoms with E-state index in [1.165, 1.54) is 31.3 Å². The van der Waals surface area contributed by atoms with E-state index in [9.17, 15) is 19.5 Å². The van der Waals surface area contributed by atoms with E-state index in [2.05, 4.69) is 5.10 Å². The summed E-state index contributed by atoms with van der Waals surface area (Å²) in [5, 5.41) is 16.8. The summed E-state index contributed by atoms with van der Waals surface area (Å²) < 4.78 is 15.3. The Kier molecular flexibility index (Phi) is 6.91. The first-order valence-electron chi connectivity index (χ1n) is 8.94. The summed E-state index contributed by atoms with van der Waals surface area (Å²) in [7, 11) is -3.76. The van der Waals surface area contributed by atoms with E-state index >= 15 is 0 Å². The SMILES string of the molecule is CC(=O)N(/N=C\c1cccc([N+](=O)[O-])c1)P(=O)(c1ccc(Cl)cc1)c1ccc(Cl)cc1. The molecule has 0 unspecified atom stereocenters. The molecule has 7 nitrogen and oxygen atoms in total. The van der Waals surface area contributed by atoms with E-state index in [1.807, 2.05) is 0 Å². The number of non-ortho nitro benzene ring substituents is 1. The van der Waals surface area contributed by atoms with Gasteiger partial charge in [0.2, 0.25) is 5.91 Å². The molecule has 0 heterocycles. The second kappa shape index (κ2) is 9.43. The third-order valence-electron chi connectivity index (χ3n) is 4.30. The standard InChI is InChI=1S/C21H16Cl2N3O4P/c1-15(27)25(24-14-16-3-2-4-19(13-16)26(28)29)31(30,20-9-5-17(22)6-10-20)21-11-7-18(23)8-12-21/h2-14H,1H3/b24-14-. The molecule has 0 fully saturated rings. The van der Waals surface area contributed by atoms with Crippen LogP contribution in [0.25, 0.3) is 0 Å². The van der Waals surface area contributed by atoms with Gasteiger partial charge in [0.25, 0.3) is 13.0 Å². The molecule has 0 saturated heterocycles. The number of carbonyl (C=O) groups is 1. The van der Waals surface area contributed by atoms with Gasteiger partial charge in [-0.1, -0.05) is 35.3 Å². The Balaban J connectivity index is 2.14. The van der Waals surface area contributed by atoms with Crippen molar-refractivity contribution in [3.05, 3.63) is 98.5 Å². The molecule has 1 amide bonds. The molecule has 3 aromatic carbocycles. The number of benzene rings is 3. The smallest absolute Gasteiger partial charge is 0.270 e. The molecule has 0 spiro atoms. The fourth-order valence-corrected chi connectivity index (χ4v) is 5.53. The molecule has 0 aliphatic rings. The van der Waals surface area contributed by atoms with Crippen LogP contribution in [0.2, 0.25) is 10.0 Å². The average molecular weight is 476 g/mol. The highest BCUT2D eigenvalue weighted by Crippen LogP contribution is 2.48. The minimum Gasteiger partial charge on any atom is -0.288 e. The number of hydrogen-bond acceptors (Lipinski definition) is 5. The van der Waals surface area contributed by atoms with Gasteiger partial charge in [0.1, 0.15) is 0 Å². The lowest BCUT2D eigenvalue weighted by Crippen LogP contribution is -2.32. The number of rotatable bonds is 6. The Bertz CT molecular complexity index is 1150. The van der Waals surface area contributed by atoms with E-state index < -0.39 is 18.1 Å². The highest BCUT2D eigenvalue weighted by atomic mass is 35.5. The van der Waals surface area contributed by atoms with Crippen molar-refractivity contribution in [1.82, 2.24) is 4.78 Å². The van der Waals surface area contributed by atoms with E-state index in [0.717, 1.165) is 4.78 Å². The maximum atomic E-state index is 14.4. The van der Waals surface area contributed by atoms with Crippen molar-refractivity contribution in [2.75, 3.05) is 0 Å². The number of nitrogens with zero attached hydrogens (tertiary/aromatic N) is 3. The van der Waals surface area contributed by atoms with Gasteiger partial charge >= 0.3 is 0 Å². The van der Waals surface area contributed by atoms with Crippen molar-refractivity contribution >= 4 is 58.9 Å². The Labute approximate surface area is 188 Å². The number of hydrazone groups is 1. The number of nitro benzene ring substituents is 1. The van der Waals surface area contributed by atoms with Crippen LogP contribution in [0.5, 0.6) is 0 Å². The molecular weight excluding hydrogens is 460 g/mol. The number of nitro groups is 1. The maximum Gasteiger partial charge on any atom is 0.270 e. The van der Waals surface area contributed by atoms with E-state index in [1.54, 1.807) is 54.6 Å². The minimum absolute atomic E-state index is 0.128. The summed E-state index contributed by atoms with van der Waals surface area (Å²) in [5.74, 6) is -0.574. The maximum absolute atomic E-state index is 14.4. The van der Waals surface area contributed by atoms with Crippen LogP contribution in [-0.2, 0) is 9.36 Å². The number of halogens is 2. The molecule has 0 atom stereocenters. The van der Waals surface area contributed by atoms with Crippen molar-refractivity contribution < 1.29 is 14.3 Å². The molecule has 0 N–H and O–H groups in total. The van der Waals surface area contributed by atoms with E-state index in [0.29, 0.717) is 26.2 Å². The van der Waals surface area contributed by atoms with Gasteiger partial charge in [0, 0.05) is 45.3 Å². The van der Waals surface area contributed by atoms with Crippen molar-refractivity contribution in [2.24, 2.45) is 5.10 Å². The van der Waals surface area contributed by atoms with Crippen molar-refractivity contribution in [3.8, 4) is 0 Å². The average Bonchev–Trinajstić information content (AvgIpc) is 2.74. The van der Waals surface area contributed by atoms with Gasteiger partial charge < -0.3 is 0 Å². The third kappa shape index (κ3) is 5.02. The molecule has 158 valence electrons. The normalized spacial score (nSPS) is 11.5. The van der Waals surface area contributed by atoms with E-state index in [-0.39, 0.29) is 5.69 Å².